The number of carbonyl (C=O) groups excluding carboxylic acids is 1. The molecular formula is C11H18N4O3. The zero-order chi connectivity index (χ0) is 13.7. The fourth-order valence-corrected chi connectivity index (χ4v) is 1.60. The minimum absolute atomic E-state index is 0.0714. The molecule has 0 saturated carbocycles. The monoisotopic (exact) mass is 254 g/mol. The molecule has 7 nitrogen and oxygen atoms in total. The van der Waals surface area contributed by atoms with Crippen LogP contribution >= 0.6 is 0 Å². The molecule has 1 amide bonds. The lowest BCUT2D eigenvalue weighted by Crippen LogP contribution is -2.38. The normalized spacial score (nSPS) is 12.4. The Labute approximate surface area is 105 Å². The van der Waals surface area contributed by atoms with Crippen molar-refractivity contribution in [2.45, 2.75) is 39.8 Å². The number of nitrogens with one attached hydrogen (secondary N) is 1. The molecule has 0 bridgehead atoms. The van der Waals surface area contributed by atoms with Gasteiger partial charge in [0.25, 0.3) is 5.91 Å². The van der Waals surface area contributed by atoms with Gasteiger partial charge in [-0.3, -0.25) is 9.59 Å². The van der Waals surface area contributed by atoms with E-state index in [0.717, 1.165) is 11.1 Å². The topological polar surface area (TPSA) is 97.1 Å². The summed E-state index contributed by atoms with van der Waals surface area (Å²) in [5.41, 5.74) is 0.135. The number of aliphatic carboxylic acids is 1. The van der Waals surface area contributed by atoms with Crippen molar-refractivity contribution in [1.82, 2.24) is 20.3 Å². The zero-order valence-electron chi connectivity index (χ0n) is 10.8. The number of nitrogens with zero attached hydrogens (tertiary/aromatic N) is 3. The van der Waals surface area contributed by atoms with Gasteiger partial charge in [-0.2, -0.15) is 0 Å². The summed E-state index contributed by atoms with van der Waals surface area (Å²) in [4.78, 5) is 22.3. The fraction of sp³-hybridized carbons (Fsp3) is 0.636. The average molecular weight is 254 g/mol. The molecule has 0 aliphatic heterocycles. The number of aromatic nitrogens is 3. The predicted molar refractivity (Wildman–Crippen MR) is 64.0 cm³/mol. The third-order valence-corrected chi connectivity index (χ3v) is 2.63. The fourth-order valence-electron chi connectivity index (χ4n) is 1.60. The van der Waals surface area contributed by atoms with Crippen LogP contribution in [0.4, 0.5) is 0 Å². The molecule has 1 unspecified atom stereocenters. The standard InChI is InChI=1S/C11H18N4O3/c1-4-8(7(2)3)12-11(18)9-5-15(14-13-9)6-10(16)17/h5,7-8H,4,6H2,1-3H3,(H,12,18)(H,16,17). The first-order valence-electron chi connectivity index (χ1n) is 5.86. The van der Waals surface area contributed by atoms with Gasteiger partial charge in [0.2, 0.25) is 0 Å². The molecule has 100 valence electrons. The SMILES string of the molecule is CCC(NC(=O)c1cn(CC(=O)O)nn1)C(C)C. The Morgan fingerprint density at radius 2 is 2.17 bits per heavy atom. The summed E-state index contributed by atoms with van der Waals surface area (Å²) in [6, 6.07) is 0.0714. The Bertz CT molecular complexity index is 428. The van der Waals surface area contributed by atoms with Crippen LogP contribution in [0.2, 0.25) is 0 Å². The van der Waals surface area contributed by atoms with E-state index < -0.39 is 5.97 Å². The Balaban J connectivity index is 2.66. The Hall–Kier alpha value is -1.92. The number of hydrogen-bond acceptors (Lipinski definition) is 4. The number of amides is 1. The molecule has 0 saturated heterocycles. The molecule has 0 aliphatic rings. The summed E-state index contributed by atoms with van der Waals surface area (Å²) in [6.07, 6.45) is 2.16. The van der Waals surface area contributed by atoms with Crippen molar-refractivity contribution >= 4 is 11.9 Å². The highest BCUT2D eigenvalue weighted by molar-refractivity contribution is 5.92. The molecule has 0 aliphatic carbocycles. The van der Waals surface area contributed by atoms with Crippen LogP contribution in [0.1, 0.15) is 37.7 Å². The first kappa shape index (κ1) is 14.1. The van der Waals surface area contributed by atoms with Crippen molar-refractivity contribution in [2.75, 3.05) is 0 Å². The second-order valence-corrected chi connectivity index (χ2v) is 4.43. The molecule has 1 rings (SSSR count). The van der Waals surface area contributed by atoms with Gasteiger partial charge in [-0.25, -0.2) is 4.68 Å². The molecule has 0 spiro atoms. The first-order valence-corrected chi connectivity index (χ1v) is 5.86. The maximum absolute atomic E-state index is 11.8. The first-order chi connectivity index (χ1) is 8.43. The number of carbonyl (C=O) groups is 2. The molecule has 1 aromatic heterocycles. The number of hydrogen-bond donors (Lipinski definition) is 2. The molecule has 0 fully saturated rings. The van der Waals surface area contributed by atoms with Gasteiger partial charge >= 0.3 is 5.97 Å². The van der Waals surface area contributed by atoms with Crippen LogP contribution in [0.3, 0.4) is 0 Å². The molecule has 2 N–H and O–H groups in total. The zero-order valence-corrected chi connectivity index (χ0v) is 10.8. The molecule has 0 aromatic carbocycles. The third-order valence-electron chi connectivity index (χ3n) is 2.63. The van der Waals surface area contributed by atoms with E-state index >= 15 is 0 Å². The predicted octanol–water partition coefficient (Wildman–Crippen LogP) is 0.527. The van der Waals surface area contributed by atoms with Crippen LogP contribution in [0.15, 0.2) is 6.20 Å². The van der Waals surface area contributed by atoms with Crippen molar-refractivity contribution in [3.63, 3.8) is 0 Å². The lowest BCUT2D eigenvalue weighted by Gasteiger charge is -2.19. The summed E-state index contributed by atoms with van der Waals surface area (Å²) < 4.78 is 1.12. The van der Waals surface area contributed by atoms with E-state index in [-0.39, 0.29) is 24.2 Å². The third kappa shape index (κ3) is 3.83. The second-order valence-electron chi connectivity index (χ2n) is 4.43. The van der Waals surface area contributed by atoms with E-state index in [1.807, 2.05) is 20.8 Å². The minimum Gasteiger partial charge on any atom is -0.480 e. The van der Waals surface area contributed by atoms with Crippen molar-refractivity contribution in [3.05, 3.63) is 11.9 Å². The largest absolute Gasteiger partial charge is 0.480 e. The molecule has 18 heavy (non-hydrogen) atoms. The van der Waals surface area contributed by atoms with Crippen molar-refractivity contribution in [3.8, 4) is 0 Å². The quantitative estimate of drug-likeness (QED) is 0.771. The number of rotatable bonds is 6. The number of carboxylic acids is 1. The van der Waals surface area contributed by atoms with Crippen LogP contribution in [0.5, 0.6) is 0 Å². The van der Waals surface area contributed by atoms with E-state index in [1.165, 1.54) is 6.20 Å². The van der Waals surface area contributed by atoms with Gasteiger partial charge in [-0.1, -0.05) is 26.0 Å². The summed E-state index contributed by atoms with van der Waals surface area (Å²) in [6.45, 7) is 5.74. The van der Waals surface area contributed by atoms with E-state index in [1.54, 1.807) is 0 Å². The highest BCUT2D eigenvalue weighted by atomic mass is 16.4. The molecular weight excluding hydrogens is 236 g/mol. The van der Waals surface area contributed by atoms with E-state index in [0.29, 0.717) is 5.92 Å². The van der Waals surface area contributed by atoms with E-state index in [4.69, 9.17) is 5.11 Å². The van der Waals surface area contributed by atoms with E-state index in [2.05, 4.69) is 15.6 Å². The lowest BCUT2D eigenvalue weighted by atomic mass is 10.0. The smallest absolute Gasteiger partial charge is 0.325 e. The molecule has 7 heteroatoms. The summed E-state index contributed by atoms with van der Waals surface area (Å²) in [7, 11) is 0. The van der Waals surface area contributed by atoms with E-state index in [9.17, 15) is 9.59 Å². The minimum atomic E-state index is -1.03. The van der Waals surface area contributed by atoms with Gasteiger partial charge in [0, 0.05) is 6.04 Å². The Morgan fingerprint density at radius 3 is 2.67 bits per heavy atom. The van der Waals surface area contributed by atoms with Gasteiger partial charge < -0.3 is 10.4 Å². The maximum Gasteiger partial charge on any atom is 0.325 e. The Morgan fingerprint density at radius 1 is 1.50 bits per heavy atom. The van der Waals surface area contributed by atoms with Gasteiger partial charge in [0.15, 0.2) is 5.69 Å². The van der Waals surface area contributed by atoms with Crippen LogP contribution in [-0.4, -0.2) is 38.0 Å². The second kappa shape index (κ2) is 6.13. The molecule has 1 heterocycles. The molecule has 1 aromatic rings. The highest BCUT2D eigenvalue weighted by Gasteiger charge is 2.17. The van der Waals surface area contributed by atoms with Crippen LogP contribution in [0, 0.1) is 5.92 Å². The lowest BCUT2D eigenvalue weighted by molar-refractivity contribution is -0.137. The van der Waals surface area contributed by atoms with Crippen molar-refractivity contribution < 1.29 is 14.7 Å². The molecule has 1 atom stereocenters. The average Bonchev–Trinajstić information content (AvgIpc) is 2.72. The molecule has 0 radical (unpaired) electrons. The summed E-state index contributed by atoms with van der Waals surface area (Å²) in [5.74, 6) is -1.03. The van der Waals surface area contributed by atoms with Gasteiger partial charge in [0.1, 0.15) is 6.54 Å². The van der Waals surface area contributed by atoms with Gasteiger partial charge in [0.05, 0.1) is 6.20 Å². The summed E-state index contributed by atoms with van der Waals surface area (Å²) >= 11 is 0. The highest BCUT2D eigenvalue weighted by Crippen LogP contribution is 2.06. The van der Waals surface area contributed by atoms with Crippen LogP contribution in [-0.2, 0) is 11.3 Å². The summed E-state index contributed by atoms with van der Waals surface area (Å²) in [5, 5.41) is 18.7. The van der Waals surface area contributed by atoms with Crippen molar-refractivity contribution in [1.29, 1.82) is 0 Å². The van der Waals surface area contributed by atoms with Crippen molar-refractivity contribution in [2.24, 2.45) is 5.92 Å². The van der Waals surface area contributed by atoms with Gasteiger partial charge in [-0.05, 0) is 12.3 Å². The van der Waals surface area contributed by atoms with Crippen LogP contribution in [0.25, 0.3) is 0 Å². The van der Waals surface area contributed by atoms with Crippen LogP contribution < -0.4 is 5.32 Å². The number of carboxylic acid groups (broad SMARTS) is 1. The Kier molecular flexibility index (Phi) is 4.82. The van der Waals surface area contributed by atoms with Gasteiger partial charge in [-0.15, -0.1) is 5.10 Å². The maximum atomic E-state index is 11.8.